The summed E-state index contributed by atoms with van der Waals surface area (Å²) in [6, 6.07) is 14.6. The molecule has 0 radical (unpaired) electrons. The summed E-state index contributed by atoms with van der Waals surface area (Å²) < 4.78 is 4.93. The highest BCUT2D eigenvalue weighted by atomic mass is 16.5. The fourth-order valence-electron chi connectivity index (χ4n) is 2.50. The molecular formula is C19H18N2O3. The van der Waals surface area contributed by atoms with Gasteiger partial charge in [0, 0.05) is 17.4 Å². The number of fused-ring (bicyclic) bond motifs is 1. The Morgan fingerprint density at radius 3 is 2.62 bits per heavy atom. The van der Waals surface area contributed by atoms with Crippen molar-refractivity contribution in [1.82, 2.24) is 4.98 Å². The third-order valence-electron chi connectivity index (χ3n) is 3.66. The highest BCUT2D eigenvalue weighted by Crippen LogP contribution is 2.16. The Morgan fingerprint density at radius 2 is 1.88 bits per heavy atom. The number of carbonyl (C=O) groups excluding carboxylic acids is 2. The number of anilines is 1. The summed E-state index contributed by atoms with van der Waals surface area (Å²) in [4.78, 5) is 26.9. The van der Waals surface area contributed by atoms with E-state index < -0.39 is 0 Å². The van der Waals surface area contributed by atoms with Crippen LogP contribution >= 0.6 is 0 Å². The van der Waals surface area contributed by atoms with Crippen molar-refractivity contribution in [2.24, 2.45) is 0 Å². The van der Waals surface area contributed by atoms with E-state index in [1.54, 1.807) is 31.2 Å². The smallest absolute Gasteiger partial charge is 0.338 e. The molecule has 0 aliphatic rings. The van der Waals surface area contributed by atoms with E-state index >= 15 is 0 Å². The molecule has 0 unspecified atom stereocenters. The first-order chi connectivity index (χ1) is 11.7. The SMILES string of the molecule is CCOC(=O)c1ccc(NC(=O)Cc2ccc3cc[nH]c3c2)cc1. The van der Waals surface area contributed by atoms with Gasteiger partial charge >= 0.3 is 5.97 Å². The number of aromatic nitrogens is 1. The number of hydrogen-bond acceptors (Lipinski definition) is 3. The second-order valence-electron chi connectivity index (χ2n) is 5.42. The topological polar surface area (TPSA) is 71.2 Å². The van der Waals surface area contributed by atoms with Gasteiger partial charge in [0.1, 0.15) is 0 Å². The van der Waals surface area contributed by atoms with Crippen molar-refractivity contribution in [2.45, 2.75) is 13.3 Å². The minimum absolute atomic E-state index is 0.107. The number of H-pyrrole nitrogens is 1. The van der Waals surface area contributed by atoms with Gasteiger partial charge < -0.3 is 15.0 Å². The quantitative estimate of drug-likeness (QED) is 0.706. The summed E-state index contributed by atoms with van der Waals surface area (Å²) in [5.41, 5.74) is 3.06. The van der Waals surface area contributed by atoms with Gasteiger partial charge in [-0.25, -0.2) is 4.79 Å². The van der Waals surface area contributed by atoms with Gasteiger partial charge in [-0.15, -0.1) is 0 Å². The Labute approximate surface area is 139 Å². The number of aromatic amines is 1. The Bertz CT molecular complexity index is 866. The molecule has 24 heavy (non-hydrogen) atoms. The van der Waals surface area contributed by atoms with E-state index in [9.17, 15) is 9.59 Å². The molecule has 1 aromatic heterocycles. The van der Waals surface area contributed by atoms with Gasteiger partial charge in [-0.1, -0.05) is 12.1 Å². The zero-order chi connectivity index (χ0) is 16.9. The van der Waals surface area contributed by atoms with E-state index in [2.05, 4.69) is 10.3 Å². The summed E-state index contributed by atoms with van der Waals surface area (Å²) >= 11 is 0. The molecule has 3 rings (SSSR count). The van der Waals surface area contributed by atoms with Gasteiger partial charge in [0.05, 0.1) is 18.6 Å². The molecule has 0 bridgehead atoms. The van der Waals surface area contributed by atoms with Crippen LogP contribution in [0.1, 0.15) is 22.8 Å². The van der Waals surface area contributed by atoms with Gasteiger partial charge in [0.25, 0.3) is 0 Å². The number of esters is 1. The largest absolute Gasteiger partial charge is 0.462 e. The summed E-state index contributed by atoms with van der Waals surface area (Å²) in [5.74, 6) is -0.473. The van der Waals surface area contributed by atoms with Gasteiger partial charge in [-0.3, -0.25) is 4.79 Å². The molecular weight excluding hydrogens is 304 g/mol. The second-order valence-corrected chi connectivity index (χ2v) is 5.42. The minimum Gasteiger partial charge on any atom is -0.462 e. The maximum atomic E-state index is 12.2. The minimum atomic E-state index is -0.366. The van der Waals surface area contributed by atoms with Crippen molar-refractivity contribution in [3.63, 3.8) is 0 Å². The lowest BCUT2D eigenvalue weighted by atomic mass is 10.1. The molecule has 0 saturated carbocycles. The van der Waals surface area contributed by atoms with Gasteiger partial charge in [-0.2, -0.15) is 0 Å². The Morgan fingerprint density at radius 1 is 1.08 bits per heavy atom. The Kier molecular flexibility index (Phi) is 4.61. The second kappa shape index (κ2) is 7.00. The van der Waals surface area contributed by atoms with Crippen molar-refractivity contribution in [2.75, 3.05) is 11.9 Å². The summed E-state index contributed by atoms with van der Waals surface area (Å²) in [7, 11) is 0. The van der Waals surface area contributed by atoms with Crippen LogP contribution < -0.4 is 5.32 Å². The van der Waals surface area contributed by atoms with Crippen LogP contribution in [0.4, 0.5) is 5.69 Å². The molecule has 0 saturated heterocycles. The van der Waals surface area contributed by atoms with Crippen molar-refractivity contribution in [1.29, 1.82) is 0 Å². The van der Waals surface area contributed by atoms with E-state index in [1.165, 1.54) is 0 Å². The third-order valence-corrected chi connectivity index (χ3v) is 3.66. The van der Waals surface area contributed by atoms with Crippen LogP contribution in [0.5, 0.6) is 0 Å². The lowest BCUT2D eigenvalue weighted by molar-refractivity contribution is -0.115. The first-order valence-electron chi connectivity index (χ1n) is 7.79. The van der Waals surface area contributed by atoms with Gasteiger partial charge in [-0.05, 0) is 54.3 Å². The molecule has 1 heterocycles. The van der Waals surface area contributed by atoms with Crippen molar-refractivity contribution < 1.29 is 14.3 Å². The van der Waals surface area contributed by atoms with Crippen LogP contribution in [-0.2, 0) is 16.0 Å². The van der Waals surface area contributed by atoms with Gasteiger partial charge in [0.2, 0.25) is 5.91 Å². The normalized spacial score (nSPS) is 10.5. The predicted molar refractivity (Wildman–Crippen MR) is 93.0 cm³/mol. The average Bonchev–Trinajstić information content (AvgIpc) is 3.03. The fraction of sp³-hybridized carbons (Fsp3) is 0.158. The summed E-state index contributed by atoms with van der Waals surface area (Å²) in [6.07, 6.45) is 2.16. The maximum absolute atomic E-state index is 12.2. The maximum Gasteiger partial charge on any atom is 0.338 e. The lowest BCUT2D eigenvalue weighted by Crippen LogP contribution is -2.14. The monoisotopic (exact) mass is 322 g/mol. The van der Waals surface area contributed by atoms with Crippen molar-refractivity contribution in [3.8, 4) is 0 Å². The molecule has 2 N–H and O–H groups in total. The van der Waals surface area contributed by atoms with Crippen LogP contribution in [0.3, 0.4) is 0 Å². The number of amides is 1. The Hall–Kier alpha value is -3.08. The third kappa shape index (κ3) is 3.63. The lowest BCUT2D eigenvalue weighted by Gasteiger charge is -2.07. The molecule has 2 aromatic carbocycles. The molecule has 0 atom stereocenters. The standard InChI is InChI=1S/C19H18N2O3/c1-2-24-19(23)15-5-7-16(8-6-15)21-18(22)12-13-3-4-14-9-10-20-17(14)11-13/h3-11,20H,2,12H2,1H3,(H,21,22). The molecule has 0 fully saturated rings. The van der Waals surface area contributed by atoms with Crippen LogP contribution in [0.15, 0.2) is 54.7 Å². The molecule has 3 aromatic rings. The zero-order valence-corrected chi connectivity index (χ0v) is 13.3. The van der Waals surface area contributed by atoms with Crippen molar-refractivity contribution >= 4 is 28.5 Å². The van der Waals surface area contributed by atoms with E-state index in [4.69, 9.17) is 4.74 Å². The molecule has 5 nitrogen and oxygen atoms in total. The highest BCUT2D eigenvalue weighted by Gasteiger charge is 2.08. The molecule has 1 amide bonds. The van der Waals surface area contributed by atoms with Crippen LogP contribution in [0.2, 0.25) is 0 Å². The fourth-order valence-corrected chi connectivity index (χ4v) is 2.50. The van der Waals surface area contributed by atoms with Crippen LogP contribution in [0.25, 0.3) is 10.9 Å². The number of carbonyl (C=O) groups is 2. The Balaban J connectivity index is 1.62. The van der Waals surface area contributed by atoms with E-state index in [0.29, 0.717) is 17.9 Å². The van der Waals surface area contributed by atoms with Gasteiger partial charge in [0.15, 0.2) is 0 Å². The molecule has 0 spiro atoms. The first kappa shape index (κ1) is 15.8. The predicted octanol–water partition coefficient (Wildman–Crippen LogP) is 3.53. The van der Waals surface area contributed by atoms with E-state index in [1.807, 2.05) is 30.5 Å². The number of rotatable bonds is 5. The summed E-state index contributed by atoms with van der Waals surface area (Å²) in [6.45, 7) is 2.10. The van der Waals surface area contributed by atoms with Crippen molar-refractivity contribution in [3.05, 3.63) is 65.9 Å². The van der Waals surface area contributed by atoms with E-state index in [0.717, 1.165) is 16.5 Å². The van der Waals surface area contributed by atoms with Crippen LogP contribution in [0, 0.1) is 0 Å². The number of ether oxygens (including phenoxy) is 1. The van der Waals surface area contributed by atoms with Crippen LogP contribution in [-0.4, -0.2) is 23.5 Å². The number of benzene rings is 2. The zero-order valence-electron chi connectivity index (χ0n) is 13.3. The number of hydrogen-bond donors (Lipinski definition) is 2. The molecule has 0 aliphatic heterocycles. The molecule has 122 valence electrons. The molecule has 5 heteroatoms. The highest BCUT2D eigenvalue weighted by molar-refractivity contribution is 5.94. The average molecular weight is 322 g/mol. The number of nitrogens with one attached hydrogen (secondary N) is 2. The first-order valence-corrected chi connectivity index (χ1v) is 7.79. The van der Waals surface area contributed by atoms with E-state index in [-0.39, 0.29) is 18.3 Å². The summed E-state index contributed by atoms with van der Waals surface area (Å²) in [5, 5.41) is 3.95. The molecule has 0 aliphatic carbocycles.